The number of carbonyl (C=O) groups excluding carboxylic acids is 1. The van der Waals surface area contributed by atoms with Crippen molar-refractivity contribution < 1.29 is 19.4 Å². The lowest BCUT2D eigenvalue weighted by atomic mass is 9.62. The lowest BCUT2D eigenvalue weighted by Gasteiger charge is -2.45. The molecule has 2 aliphatic carbocycles. The maximum atomic E-state index is 12.9. The van der Waals surface area contributed by atoms with Gasteiger partial charge in [0.05, 0.1) is 18.8 Å². The van der Waals surface area contributed by atoms with Crippen molar-refractivity contribution in [3.8, 4) is 11.1 Å². The first kappa shape index (κ1) is 17.7. The molecule has 2 aliphatic heterocycles. The van der Waals surface area contributed by atoms with E-state index in [1.165, 1.54) is 22.3 Å². The van der Waals surface area contributed by atoms with Crippen LogP contribution in [0.4, 0.5) is 4.79 Å². The Bertz CT molecular complexity index is 873. The van der Waals surface area contributed by atoms with Crippen molar-refractivity contribution in [2.45, 2.75) is 24.3 Å². The molecule has 0 unspecified atom stereocenters. The van der Waals surface area contributed by atoms with E-state index in [9.17, 15) is 9.90 Å². The molecule has 28 heavy (non-hydrogen) atoms. The van der Waals surface area contributed by atoms with Gasteiger partial charge in [0, 0.05) is 25.0 Å². The lowest BCUT2D eigenvalue weighted by Crippen LogP contribution is -2.54. The predicted molar refractivity (Wildman–Crippen MR) is 105 cm³/mol. The molecule has 1 saturated carbocycles. The van der Waals surface area contributed by atoms with Gasteiger partial charge >= 0.3 is 6.09 Å². The fourth-order valence-corrected chi connectivity index (χ4v) is 5.73. The maximum Gasteiger partial charge on any atom is 0.410 e. The molecule has 1 amide bonds. The topological polar surface area (TPSA) is 59.0 Å². The van der Waals surface area contributed by atoms with Crippen molar-refractivity contribution in [3.05, 3.63) is 59.7 Å². The Morgan fingerprint density at radius 2 is 1.71 bits per heavy atom. The van der Waals surface area contributed by atoms with E-state index >= 15 is 0 Å². The van der Waals surface area contributed by atoms with E-state index in [-0.39, 0.29) is 24.0 Å². The van der Waals surface area contributed by atoms with Gasteiger partial charge in [-0.25, -0.2) is 4.79 Å². The van der Waals surface area contributed by atoms with Gasteiger partial charge in [0.2, 0.25) is 0 Å². The fourth-order valence-electron chi connectivity index (χ4n) is 5.73. The summed E-state index contributed by atoms with van der Waals surface area (Å²) in [4.78, 5) is 14.7. The van der Waals surface area contributed by atoms with E-state index in [1.54, 1.807) is 12.0 Å². The highest BCUT2D eigenvalue weighted by atomic mass is 16.6. The molecule has 146 valence electrons. The van der Waals surface area contributed by atoms with Gasteiger partial charge in [0.25, 0.3) is 0 Å². The Hall–Kier alpha value is -2.37. The molecule has 2 aromatic rings. The summed E-state index contributed by atoms with van der Waals surface area (Å²) in [6, 6.07) is 16.6. The van der Waals surface area contributed by atoms with Crippen molar-refractivity contribution in [2.24, 2.45) is 5.41 Å². The van der Waals surface area contributed by atoms with Crippen LogP contribution in [0.3, 0.4) is 0 Å². The molecule has 0 spiro atoms. The van der Waals surface area contributed by atoms with Gasteiger partial charge in [0.1, 0.15) is 6.61 Å². The lowest BCUT2D eigenvalue weighted by molar-refractivity contribution is -0.0257. The number of methoxy groups -OCH3 is 1. The van der Waals surface area contributed by atoms with Gasteiger partial charge in [-0.3, -0.25) is 4.90 Å². The number of hydrogen-bond acceptors (Lipinski definition) is 4. The highest BCUT2D eigenvalue weighted by Crippen LogP contribution is 2.59. The maximum absolute atomic E-state index is 12.9. The second-order valence-electron chi connectivity index (χ2n) is 8.56. The van der Waals surface area contributed by atoms with Gasteiger partial charge in [-0.2, -0.15) is 0 Å². The number of ether oxygens (including phenoxy) is 2. The summed E-state index contributed by atoms with van der Waals surface area (Å²) in [6.07, 6.45) is 1.25. The second kappa shape index (κ2) is 6.33. The minimum Gasteiger partial charge on any atom is -0.448 e. The van der Waals surface area contributed by atoms with Crippen LogP contribution in [0, 0.1) is 5.41 Å². The zero-order valence-corrected chi connectivity index (χ0v) is 16.1. The first-order valence-corrected chi connectivity index (χ1v) is 9.84. The third kappa shape index (κ3) is 2.43. The van der Waals surface area contributed by atoms with Gasteiger partial charge in [-0.05, 0) is 35.1 Å². The van der Waals surface area contributed by atoms with Crippen LogP contribution in [0.5, 0.6) is 0 Å². The summed E-state index contributed by atoms with van der Waals surface area (Å²) >= 11 is 0. The number of hydrogen-bond donors (Lipinski definition) is 1. The molecule has 1 N–H and O–H groups in total. The highest BCUT2D eigenvalue weighted by Gasteiger charge is 2.66. The molecule has 5 nitrogen and oxygen atoms in total. The molecule has 2 bridgehead atoms. The molecule has 0 atom stereocenters. The van der Waals surface area contributed by atoms with Crippen LogP contribution in [-0.4, -0.2) is 55.1 Å². The highest BCUT2D eigenvalue weighted by molar-refractivity contribution is 5.79. The molecule has 2 aromatic carbocycles. The Kier molecular flexibility index (Phi) is 4.00. The SMILES string of the molecule is COCC12CN(C(=O)OCC3c4ccccc4-c4ccccc43)C(CO)(C1)C2. The van der Waals surface area contributed by atoms with Gasteiger partial charge < -0.3 is 14.6 Å². The van der Waals surface area contributed by atoms with Crippen LogP contribution in [-0.2, 0) is 9.47 Å². The van der Waals surface area contributed by atoms with Crippen LogP contribution in [0.2, 0.25) is 0 Å². The average Bonchev–Trinajstić information content (AvgIpc) is 3.31. The van der Waals surface area contributed by atoms with Crippen molar-refractivity contribution in [3.63, 3.8) is 0 Å². The van der Waals surface area contributed by atoms with Crippen LogP contribution < -0.4 is 0 Å². The zero-order chi connectivity index (χ0) is 19.4. The third-order valence-corrected chi connectivity index (χ3v) is 6.78. The van der Waals surface area contributed by atoms with Crippen LogP contribution in [0.25, 0.3) is 11.1 Å². The fraction of sp³-hybridized carbons (Fsp3) is 0.435. The summed E-state index contributed by atoms with van der Waals surface area (Å²) in [5, 5.41) is 9.92. The van der Waals surface area contributed by atoms with E-state index in [2.05, 4.69) is 24.3 Å². The summed E-state index contributed by atoms with van der Waals surface area (Å²) in [6.45, 7) is 1.49. The van der Waals surface area contributed by atoms with E-state index in [0.29, 0.717) is 19.8 Å². The molecule has 6 rings (SSSR count). The Labute approximate surface area is 164 Å². The molecule has 0 radical (unpaired) electrons. The first-order valence-electron chi connectivity index (χ1n) is 9.84. The Balaban J connectivity index is 1.34. The van der Waals surface area contributed by atoms with Crippen molar-refractivity contribution in [1.29, 1.82) is 0 Å². The smallest absolute Gasteiger partial charge is 0.410 e. The number of nitrogens with zero attached hydrogens (tertiary/aromatic N) is 1. The number of aliphatic hydroxyl groups excluding tert-OH is 1. The van der Waals surface area contributed by atoms with E-state index < -0.39 is 5.54 Å². The third-order valence-electron chi connectivity index (χ3n) is 6.78. The first-order chi connectivity index (χ1) is 13.6. The van der Waals surface area contributed by atoms with E-state index in [4.69, 9.17) is 9.47 Å². The standard InChI is InChI=1S/C23H25NO4/c1-27-15-22-11-23(12-22,14-25)24(13-22)21(26)28-10-20-18-8-4-2-6-16(18)17-7-3-5-9-19(17)20/h2-9,20,25H,10-15H2,1H3. The minimum atomic E-state index is -0.471. The minimum absolute atomic E-state index is 0.0247. The quantitative estimate of drug-likeness (QED) is 0.865. The Morgan fingerprint density at radius 1 is 1.11 bits per heavy atom. The molecule has 5 heteroatoms. The molecule has 3 fully saturated rings. The monoisotopic (exact) mass is 379 g/mol. The molecule has 2 heterocycles. The molecule has 4 aliphatic rings. The van der Waals surface area contributed by atoms with Crippen molar-refractivity contribution >= 4 is 6.09 Å². The number of aliphatic hydroxyl groups is 1. The number of rotatable bonds is 5. The van der Waals surface area contributed by atoms with E-state index in [1.807, 2.05) is 24.3 Å². The van der Waals surface area contributed by atoms with Crippen LogP contribution >= 0.6 is 0 Å². The average molecular weight is 379 g/mol. The van der Waals surface area contributed by atoms with Crippen LogP contribution in [0.1, 0.15) is 29.9 Å². The summed E-state index contributed by atoms with van der Waals surface area (Å²) < 4.78 is 11.1. The molecule has 0 aromatic heterocycles. The zero-order valence-electron chi connectivity index (χ0n) is 16.1. The van der Waals surface area contributed by atoms with Gasteiger partial charge in [-0.1, -0.05) is 48.5 Å². The number of amides is 1. The van der Waals surface area contributed by atoms with E-state index in [0.717, 1.165) is 12.8 Å². The molecule has 2 saturated heterocycles. The van der Waals surface area contributed by atoms with Crippen molar-refractivity contribution in [2.75, 3.05) is 33.5 Å². The normalized spacial score (nSPS) is 27.3. The van der Waals surface area contributed by atoms with Crippen molar-refractivity contribution in [1.82, 2.24) is 4.90 Å². The number of carbonyl (C=O) groups is 1. The number of fused-ring (bicyclic) bond motifs is 4. The van der Waals surface area contributed by atoms with Gasteiger partial charge in [-0.15, -0.1) is 0 Å². The summed E-state index contributed by atoms with van der Waals surface area (Å²) in [7, 11) is 1.68. The number of benzene rings is 2. The second-order valence-corrected chi connectivity index (χ2v) is 8.56. The Morgan fingerprint density at radius 3 is 2.29 bits per heavy atom. The largest absolute Gasteiger partial charge is 0.448 e. The summed E-state index contributed by atoms with van der Waals surface area (Å²) in [5.41, 5.74) is 4.34. The molecular weight excluding hydrogens is 354 g/mol. The molecular formula is C23H25NO4. The van der Waals surface area contributed by atoms with Gasteiger partial charge in [0.15, 0.2) is 0 Å². The summed E-state index contributed by atoms with van der Waals surface area (Å²) in [5.74, 6) is 0.0481. The predicted octanol–water partition coefficient (Wildman–Crippen LogP) is 3.41. The van der Waals surface area contributed by atoms with Crippen LogP contribution in [0.15, 0.2) is 48.5 Å².